The summed E-state index contributed by atoms with van der Waals surface area (Å²) >= 11 is 5.54. The quantitative estimate of drug-likeness (QED) is 0.542. The standard InChI is InChI=1S/C10H10N2O.C6H9Cl.C5H8/c11-10(13)5-7-6-12-9-4-2-1-3-8(7)9;1-3-5-6(7)4-2;1-2-4-5-3-1/h1-4,6,12H,5H2,(H2,11,13);3-5H,1-2H3;1-2H,3-5H2/b;5-3-,6-4+;. The van der Waals surface area contributed by atoms with Gasteiger partial charge in [-0.3, -0.25) is 4.79 Å². The minimum atomic E-state index is -0.301. The van der Waals surface area contributed by atoms with Crippen LogP contribution in [0.15, 0.2) is 65.9 Å². The maximum atomic E-state index is 10.7. The van der Waals surface area contributed by atoms with Crippen molar-refractivity contribution in [1.29, 1.82) is 0 Å². The molecule has 134 valence electrons. The molecule has 2 aromatic rings. The molecule has 1 heterocycles. The van der Waals surface area contributed by atoms with Gasteiger partial charge in [-0.15, -0.1) is 0 Å². The van der Waals surface area contributed by atoms with E-state index in [-0.39, 0.29) is 5.91 Å². The predicted octanol–water partition coefficient (Wildman–Crippen LogP) is 5.63. The smallest absolute Gasteiger partial charge is 0.221 e. The Bertz CT molecular complexity index is 735. The van der Waals surface area contributed by atoms with E-state index in [1.54, 1.807) is 0 Å². The third-order valence-corrected chi connectivity index (χ3v) is 3.89. The molecule has 0 spiro atoms. The van der Waals surface area contributed by atoms with E-state index in [0.717, 1.165) is 21.5 Å². The van der Waals surface area contributed by atoms with Crippen molar-refractivity contribution < 1.29 is 4.79 Å². The number of nitrogens with two attached hydrogens (primary N) is 1. The lowest BCUT2D eigenvalue weighted by Crippen LogP contribution is -2.13. The average Bonchev–Trinajstić information content (AvgIpc) is 3.29. The summed E-state index contributed by atoms with van der Waals surface area (Å²) in [5, 5.41) is 1.86. The normalized spacial score (nSPS) is 13.3. The molecule has 0 saturated carbocycles. The minimum absolute atomic E-state index is 0.296. The molecular formula is C21H27ClN2O. The first-order chi connectivity index (χ1) is 12.1. The van der Waals surface area contributed by atoms with Gasteiger partial charge in [0.1, 0.15) is 0 Å². The summed E-state index contributed by atoms with van der Waals surface area (Å²) in [6.07, 6.45) is 16.2. The summed E-state index contributed by atoms with van der Waals surface area (Å²) in [6, 6.07) is 7.84. The van der Waals surface area contributed by atoms with Crippen LogP contribution in [0.1, 0.15) is 38.7 Å². The monoisotopic (exact) mass is 358 g/mol. The zero-order chi connectivity index (χ0) is 18.5. The van der Waals surface area contributed by atoms with Crippen LogP contribution >= 0.6 is 11.6 Å². The number of hydrogen-bond donors (Lipinski definition) is 2. The number of rotatable bonds is 3. The number of H-pyrrole nitrogens is 1. The Hall–Kier alpha value is -2.26. The van der Waals surface area contributed by atoms with Crippen molar-refractivity contribution in [2.75, 3.05) is 0 Å². The van der Waals surface area contributed by atoms with Gasteiger partial charge in [-0.05, 0) is 50.8 Å². The van der Waals surface area contributed by atoms with Crippen LogP contribution in [-0.4, -0.2) is 10.9 Å². The van der Waals surface area contributed by atoms with Crippen LogP contribution in [0, 0.1) is 0 Å². The van der Waals surface area contributed by atoms with E-state index in [1.165, 1.54) is 19.3 Å². The number of carbonyl (C=O) groups is 1. The molecule has 1 aliphatic rings. The zero-order valence-corrected chi connectivity index (χ0v) is 15.7. The van der Waals surface area contributed by atoms with Crippen molar-refractivity contribution in [3.05, 3.63) is 71.4 Å². The summed E-state index contributed by atoms with van der Waals surface area (Å²) in [5.74, 6) is -0.301. The van der Waals surface area contributed by atoms with E-state index >= 15 is 0 Å². The largest absolute Gasteiger partial charge is 0.369 e. The van der Waals surface area contributed by atoms with E-state index < -0.39 is 0 Å². The lowest BCUT2D eigenvalue weighted by Gasteiger charge is -1.93. The lowest BCUT2D eigenvalue weighted by atomic mass is 10.1. The Morgan fingerprint density at radius 1 is 1.24 bits per heavy atom. The molecular weight excluding hydrogens is 332 g/mol. The number of aromatic nitrogens is 1. The Morgan fingerprint density at radius 2 is 1.92 bits per heavy atom. The molecule has 0 bridgehead atoms. The van der Waals surface area contributed by atoms with Crippen LogP contribution in [0.5, 0.6) is 0 Å². The number of nitrogens with one attached hydrogen (secondary N) is 1. The topological polar surface area (TPSA) is 58.9 Å². The second kappa shape index (κ2) is 12.2. The Labute approximate surface area is 155 Å². The van der Waals surface area contributed by atoms with E-state index in [4.69, 9.17) is 17.3 Å². The predicted molar refractivity (Wildman–Crippen MR) is 109 cm³/mol. The number of hydrogen-bond acceptors (Lipinski definition) is 1. The van der Waals surface area contributed by atoms with Gasteiger partial charge in [0.2, 0.25) is 5.91 Å². The van der Waals surface area contributed by atoms with E-state index in [0.29, 0.717) is 6.42 Å². The van der Waals surface area contributed by atoms with Gasteiger partial charge in [0.05, 0.1) is 6.42 Å². The van der Waals surface area contributed by atoms with Crippen LogP contribution in [0.2, 0.25) is 0 Å². The van der Waals surface area contributed by atoms with Gasteiger partial charge in [0.15, 0.2) is 0 Å². The molecule has 1 aromatic carbocycles. The van der Waals surface area contributed by atoms with Gasteiger partial charge in [-0.25, -0.2) is 0 Å². The average molecular weight is 359 g/mol. The fraction of sp³-hybridized carbons (Fsp3) is 0.286. The highest BCUT2D eigenvalue weighted by Crippen LogP contribution is 2.17. The van der Waals surface area contributed by atoms with Crippen LogP contribution < -0.4 is 5.73 Å². The molecule has 0 saturated heterocycles. The number of fused-ring (bicyclic) bond motifs is 1. The summed E-state index contributed by atoms with van der Waals surface area (Å²) in [7, 11) is 0. The van der Waals surface area contributed by atoms with E-state index in [1.807, 2.05) is 62.5 Å². The number of carbonyl (C=O) groups excluding carboxylic acids is 1. The first-order valence-electron chi connectivity index (χ1n) is 8.51. The first-order valence-corrected chi connectivity index (χ1v) is 8.89. The summed E-state index contributed by atoms with van der Waals surface area (Å²) in [6.45, 7) is 3.84. The molecule has 1 aliphatic carbocycles. The molecule has 3 nitrogen and oxygen atoms in total. The SMILES string of the molecule is C/C=C\C(Cl)=C/C.C1=CCCC1.NC(=O)Cc1c[nH]c2ccccc12. The van der Waals surface area contributed by atoms with E-state index in [9.17, 15) is 4.79 Å². The van der Waals surface area contributed by atoms with E-state index in [2.05, 4.69) is 17.1 Å². The number of primary amides is 1. The Kier molecular flexibility index (Phi) is 10.1. The van der Waals surface area contributed by atoms with Crippen LogP contribution in [0.3, 0.4) is 0 Å². The maximum Gasteiger partial charge on any atom is 0.221 e. The second-order valence-electron chi connectivity index (χ2n) is 5.58. The van der Waals surface area contributed by atoms with Crippen LogP contribution in [-0.2, 0) is 11.2 Å². The second-order valence-corrected chi connectivity index (χ2v) is 6.01. The number of benzene rings is 1. The summed E-state index contributed by atoms with van der Waals surface area (Å²) in [5.41, 5.74) is 7.12. The van der Waals surface area contributed by atoms with Gasteiger partial charge in [-0.2, -0.15) is 0 Å². The Morgan fingerprint density at radius 3 is 2.40 bits per heavy atom. The first kappa shape index (κ1) is 20.8. The number of amides is 1. The van der Waals surface area contributed by atoms with Crippen molar-refractivity contribution in [3.8, 4) is 0 Å². The number of para-hydroxylation sites is 1. The number of allylic oxidation sites excluding steroid dienone is 6. The fourth-order valence-electron chi connectivity index (χ4n) is 2.31. The van der Waals surface area contributed by atoms with Gasteiger partial charge in [0.25, 0.3) is 0 Å². The minimum Gasteiger partial charge on any atom is -0.369 e. The molecule has 3 N–H and O–H groups in total. The highest BCUT2D eigenvalue weighted by Gasteiger charge is 2.04. The van der Waals surface area contributed by atoms with Crippen LogP contribution in [0.25, 0.3) is 10.9 Å². The van der Waals surface area contributed by atoms with Gasteiger partial charge in [0, 0.05) is 22.1 Å². The van der Waals surface area contributed by atoms with Gasteiger partial charge < -0.3 is 10.7 Å². The molecule has 0 fully saturated rings. The number of aromatic amines is 1. The highest BCUT2D eigenvalue weighted by atomic mass is 35.5. The Balaban J connectivity index is 0.000000219. The van der Waals surface area contributed by atoms with Crippen molar-refractivity contribution in [2.24, 2.45) is 5.73 Å². The third kappa shape index (κ3) is 8.41. The molecule has 0 radical (unpaired) electrons. The molecule has 0 unspecified atom stereocenters. The lowest BCUT2D eigenvalue weighted by molar-refractivity contribution is -0.117. The highest BCUT2D eigenvalue weighted by molar-refractivity contribution is 6.31. The van der Waals surface area contributed by atoms with Crippen molar-refractivity contribution in [2.45, 2.75) is 39.5 Å². The molecule has 1 amide bonds. The van der Waals surface area contributed by atoms with Gasteiger partial charge >= 0.3 is 0 Å². The molecule has 3 rings (SSSR count). The zero-order valence-electron chi connectivity index (χ0n) is 15.0. The number of halogens is 1. The fourth-order valence-corrected chi connectivity index (χ4v) is 2.44. The summed E-state index contributed by atoms with van der Waals surface area (Å²) < 4.78 is 0. The molecule has 0 atom stereocenters. The maximum absolute atomic E-state index is 10.7. The molecule has 1 aromatic heterocycles. The van der Waals surface area contributed by atoms with Crippen LogP contribution in [0.4, 0.5) is 0 Å². The molecule has 4 heteroatoms. The van der Waals surface area contributed by atoms with Gasteiger partial charge in [-0.1, -0.05) is 54.1 Å². The molecule has 0 aliphatic heterocycles. The third-order valence-electron chi connectivity index (χ3n) is 3.55. The van der Waals surface area contributed by atoms with Crippen molar-refractivity contribution in [3.63, 3.8) is 0 Å². The van der Waals surface area contributed by atoms with Crippen molar-refractivity contribution >= 4 is 28.4 Å². The van der Waals surface area contributed by atoms with Crippen molar-refractivity contribution in [1.82, 2.24) is 4.98 Å². The summed E-state index contributed by atoms with van der Waals surface area (Å²) in [4.78, 5) is 13.8. The molecule has 25 heavy (non-hydrogen) atoms.